The molecule has 5 aromatic carbocycles. The van der Waals surface area contributed by atoms with Gasteiger partial charge in [-0.2, -0.15) is 0 Å². The third-order valence-electron chi connectivity index (χ3n) is 14.0. The first-order valence-corrected chi connectivity index (χ1v) is 26.0. The van der Waals surface area contributed by atoms with Gasteiger partial charge in [-0.05, 0) is 96.4 Å². The van der Waals surface area contributed by atoms with E-state index in [0.717, 1.165) is 60.2 Å². The summed E-state index contributed by atoms with van der Waals surface area (Å²) in [5.74, 6) is -3.98. The molecule has 0 saturated heterocycles. The van der Waals surface area contributed by atoms with Crippen molar-refractivity contribution in [3.63, 3.8) is 0 Å². The summed E-state index contributed by atoms with van der Waals surface area (Å²) in [5, 5.41) is 18.8. The zero-order chi connectivity index (χ0) is 53.6. The van der Waals surface area contributed by atoms with E-state index in [1.165, 1.54) is 0 Å². The highest BCUT2D eigenvalue weighted by Gasteiger charge is 2.34. The lowest BCUT2D eigenvalue weighted by Crippen LogP contribution is -2.60. The number of rotatable bonds is 27. The van der Waals surface area contributed by atoms with E-state index in [1.807, 2.05) is 115 Å². The molecule has 6 amide bonds. The second-order valence-electron chi connectivity index (χ2n) is 19.4. The van der Waals surface area contributed by atoms with Crippen LogP contribution in [0.15, 0.2) is 134 Å². The fourth-order valence-corrected chi connectivity index (χ4v) is 9.87. The van der Waals surface area contributed by atoms with Crippen molar-refractivity contribution in [1.29, 1.82) is 0 Å². The molecule has 0 saturated carbocycles. The largest absolute Gasteiger partial charge is 0.368 e. The molecule has 3 heterocycles. The molecule has 3 aromatic heterocycles. The predicted octanol–water partition coefficient (Wildman–Crippen LogP) is 4.05. The Bertz CT molecular complexity index is 3300. The first kappa shape index (κ1) is 54.0. The number of nitrogens with two attached hydrogens (primary N) is 4. The number of primary amides is 1. The number of unbranched alkanes of at least 4 members (excludes halogenated alkanes) is 2. The van der Waals surface area contributed by atoms with Crippen LogP contribution in [0.25, 0.3) is 43.5 Å². The molecule has 396 valence electrons. The molecule has 0 bridgehead atoms. The lowest BCUT2D eigenvalue weighted by atomic mass is 9.97. The average molecular weight is 1030 g/mol. The van der Waals surface area contributed by atoms with Crippen LogP contribution in [0, 0.1) is 0 Å². The van der Waals surface area contributed by atoms with Crippen LogP contribution in [-0.2, 0) is 54.5 Å². The molecule has 6 atom stereocenters. The van der Waals surface area contributed by atoms with Crippen molar-refractivity contribution in [3.8, 4) is 0 Å². The highest BCUT2D eigenvalue weighted by Crippen LogP contribution is 2.24. The summed E-state index contributed by atoms with van der Waals surface area (Å²) >= 11 is 0. The number of carbonyl (C=O) groups is 6. The van der Waals surface area contributed by atoms with Crippen LogP contribution in [-0.4, -0.2) is 99.7 Å². The Kier molecular flexibility index (Phi) is 18.3. The van der Waals surface area contributed by atoms with Gasteiger partial charge in [-0.15, -0.1) is 0 Å². The van der Waals surface area contributed by atoms with E-state index in [1.54, 1.807) is 18.6 Å². The number of fused-ring (bicyclic) bond motifs is 4. The van der Waals surface area contributed by atoms with Crippen molar-refractivity contribution in [2.24, 2.45) is 22.9 Å². The van der Waals surface area contributed by atoms with Gasteiger partial charge < -0.3 is 64.5 Å². The van der Waals surface area contributed by atoms with Gasteiger partial charge in [0.05, 0.1) is 6.04 Å². The van der Waals surface area contributed by atoms with Crippen molar-refractivity contribution in [2.45, 2.75) is 100 Å². The summed E-state index contributed by atoms with van der Waals surface area (Å²) in [7, 11) is 0. The number of H-pyrrole nitrogens is 3. The highest BCUT2D eigenvalue weighted by molar-refractivity contribution is 5.98. The Morgan fingerprint density at radius 1 is 0.395 bits per heavy atom. The van der Waals surface area contributed by atoms with E-state index in [2.05, 4.69) is 41.5 Å². The summed E-state index contributed by atoms with van der Waals surface area (Å²) < 4.78 is 0. The van der Waals surface area contributed by atoms with Crippen molar-refractivity contribution >= 4 is 78.9 Å². The van der Waals surface area contributed by atoms with Gasteiger partial charge in [0, 0.05) is 77.0 Å². The van der Waals surface area contributed by atoms with E-state index in [-0.39, 0.29) is 32.1 Å². The second-order valence-corrected chi connectivity index (χ2v) is 19.4. The highest BCUT2D eigenvalue weighted by atomic mass is 16.2. The van der Waals surface area contributed by atoms with Gasteiger partial charge in [0.15, 0.2) is 0 Å². The molecule has 18 heteroatoms. The Hall–Kier alpha value is -8.32. The van der Waals surface area contributed by atoms with Crippen LogP contribution in [0.5, 0.6) is 0 Å². The fraction of sp³-hybridized carbons (Fsp3) is 0.310. The first-order chi connectivity index (χ1) is 36.9. The van der Waals surface area contributed by atoms with Gasteiger partial charge in [-0.25, -0.2) is 0 Å². The second kappa shape index (κ2) is 25.8. The SMILES string of the molecule is NCCCC[C@H](NC(=O)[C@H](Cc1c[nH]c2ccccc12)NC(=O)[C@@H](N)CCCCN)C(=O)N[C@@H](Cc1c[nH]c2ccccc12)C(=O)N[C@@H](Cc1cccc2ccccc12)C(=O)N[C@@H](Cc1c[nH]c2ccccc12)C(N)=O. The number of nitrogens with one attached hydrogen (secondary N) is 8. The maximum atomic E-state index is 15.1. The predicted molar refractivity (Wildman–Crippen MR) is 296 cm³/mol. The van der Waals surface area contributed by atoms with Crippen LogP contribution in [0.4, 0.5) is 0 Å². The minimum absolute atomic E-state index is 0.00321. The standard InChI is InChI=1S/C58H68N12O6/c59-26-11-9-21-44(61)54(72)68-51(30-38-33-64-46-23-7-4-19-42(38)46)56(74)66-48(25-10-12-27-60)55(73)69-52(31-39-34-65-47-24-8-5-20-43(39)47)58(76)70-50(28-36-16-13-15-35-14-1-2-17-40(35)36)57(75)67-49(53(62)71)29-37-32-63-45-22-6-3-18-41(37)45/h1-8,13-20,22-24,32-34,44,48-52,63-65H,9-12,21,25-31,59-61H2,(H2,62,71)(H,66,74)(H,67,75)(H,68,72)(H,69,73)(H,70,76)/t44-,48-,49-,50-,51-,52-/m0/s1. The lowest BCUT2D eigenvalue weighted by molar-refractivity contribution is -0.135. The minimum atomic E-state index is -1.31. The molecular formula is C58H68N12O6. The topological polar surface area (TPSA) is 314 Å². The van der Waals surface area contributed by atoms with Crippen LogP contribution < -0.4 is 49.5 Å². The molecule has 0 radical (unpaired) electrons. The minimum Gasteiger partial charge on any atom is -0.368 e. The molecule has 0 aliphatic rings. The summed E-state index contributed by atoms with van der Waals surface area (Å²) in [4.78, 5) is 95.8. The van der Waals surface area contributed by atoms with Crippen LogP contribution >= 0.6 is 0 Å². The van der Waals surface area contributed by atoms with Crippen molar-refractivity contribution in [2.75, 3.05) is 13.1 Å². The van der Waals surface area contributed by atoms with Crippen molar-refractivity contribution in [3.05, 3.63) is 156 Å². The molecule has 8 rings (SSSR count). The normalized spacial score (nSPS) is 13.9. The third-order valence-corrected chi connectivity index (χ3v) is 14.0. The van der Waals surface area contributed by atoms with Gasteiger partial charge in [0.1, 0.15) is 30.2 Å². The number of amides is 6. The van der Waals surface area contributed by atoms with Crippen LogP contribution in [0.1, 0.15) is 60.8 Å². The first-order valence-electron chi connectivity index (χ1n) is 26.0. The van der Waals surface area contributed by atoms with E-state index in [9.17, 15) is 24.0 Å². The number of aromatic nitrogens is 3. The van der Waals surface area contributed by atoms with E-state index in [4.69, 9.17) is 22.9 Å². The smallest absolute Gasteiger partial charge is 0.243 e. The molecule has 76 heavy (non-hydrogen) atoms. The van der Waals surface area contributed by atoms with Gasteiger partial charge in [0.2, 0.25) is 35.4 Å². The van der Waals surface area contributed by atoms with Crippen molar-refractivity contribution < 1.29 is 28.8 Å². The molecule has 8 aromatic rings. The van der Waals surface area contributed by atoms with Crippen molar-refractivity contribution in [1.82, 2.24) is 41.5 Å². The van der Waals surface area contributed by atoms with Crippen LogP contribution in [0.2, 0.25) is 0 Å². The lowest BCUT2D eigenvalue weighted by Gasteiger charge is -2.27. The molecular weight excluding hydrogens is 961 g/mol. The van der Waals surface area contributed by atoms with E-state index < -0.39 is 71.7 Å². The average Bonchev–Trinajstić information content (AvgIpc) is 4.17. The molecule has 0 aliphatic heterocycles. The molecule has 0 spiro atoms. The number of para-hydroxylation sites is 3. The molecule has 0 aliphatic carbocycles. The zero-order valence-corrected chi connectivity index (χ0v) is 42.4. The molecule has 0 unspecified atom stereocenters. The van der Waals surface area contributed by atoms with E-state index in [0.29, 0.717) is 50.8 Å². The fourth-order valence-electron chi connectivity index (χ4n) is 9.87. The molecule has 16 N–H and O–H groups in total. The number of hydrogen-bond acceptors (Lipinski definition) is 9. The number of carbonyl (C=O) groups excluding carboxylic acids is 6. The number of benzene rings is 5. The Morgan fingerprint density at radius 3 is 1.25 bits per heavy atom. The maximum Gasteiger partial charge on any atom is 0.243 e. The Balaban J connectivity index is 1.09. The number of aromatic amines is 3. The summed E-state index contributed by atoms with van der Waals surface area (Å²) in [6.07, 6.45) is 8.20. The van der Waals surface area contributed by atoms with Gasteiger partial charge in [-0.1, -0.05) is 103 Å². The molecule has 0 fully saturated rings. The van der Waals surface area contributed by atoms with Gasteiger partial charge >= 0.3 is 0 Å². The van der Waals surface area contributed by atoms with Crippen LogP contribution in [0.3, 0.4) is 0 Å². The summed E-state index contributed by atoms with van der Waals surface area (Å²) in [6, 6.07) is 29.0. The zero-order valence-electron chi connectivity index (χ0n) is 42.4. The van der Waals surface area contributed by atoms with E-state index >= 15 is 4.79 Å². The Morgan fingerprint density at radius 2 is 0.763 bits per heavy atom. The third kappa shape index (κ3) is 13.5. The monoisotopic (exact) mass is 1030 g/mol. The maximum absolute atomic E-state index is 15.1. The molecule has 18 nitrogen and oxygen atoms in total. The quantitative estimate of drug-likeness (QED) is 0.0330. The number of hydrogen-bond donors (Lipinski definition) is 12. The summed E-state index contributed by atoms with van der Waals surface area (Å²) in [5.41, 5.74) is 29.4. The summed E-state index contributed by atoms with van der Waals surface area (Å²) in [6.45, 7) is 0.775. The van der Waals surface area contributed by atoms with Gasteiger partial charge in [0.25, 0.3) is 0 Å². The Labute approximate surface area is 440 Å². The van der Waals surface area contributed by atoms with Gasteiger partial charge in [-0.3, -0.25) is 28.8 Å².